The molecule has 0 fully saturated rings. The smallest absolute Gasteiger partial charge is 0.326 e. The van der Waals surface area contributed by atoms with Crippen molar-refractivity contribution >= 4 is 11.7 Å². The monoisotopic (exact) mass is 235 g/mol. The summed E-state index contributed by atoms with van der Waals surface area (Å²) in [5.74, 6) is 0.576. The summed E-state index contributed by atoms with van der Waals surface area (Å²) in [5.41, 5.74) is 1.81. The second-order valence-corrected chi connectivity index (χ2v) is 4.25. The van der Waals surface area contributed by atoms with Crippen molar-refractivity contribution in [3.63, 3.8) is 0 Å². The molecule has 5 heteroatoms. The molecule has 2 N–H and O–H groups in total. The molecule has 1 unspecified atom stereocenters. The number of anilines is 1. The van der Waals surface area contributed by atoms with E-state index < -0.39 is 12.0 Å². The first-order valence-electron chi connectivity index (χ1n) is 5.66. The lowest BCUT2D eigenvalue weighted by atomic mass is 10.1. The molecule has 1 aromatic carbocycles. The van der Waals surface area contributed by atoms with Gasteiger partial charge in [-0.25, -0.2) is 4.79 Å². The summed E-state index contributed by atoms with van der Waals surface area (Å²) in [5, 5.41) is 11.9. The minimum Gasteiger partial charge on any atom is -0.490 e. The van der Waals surface area contributed by atoms with Gasteiger partial charge in [0.25, 0.3) is 0 Å². The van der Waals surface area contributed by atoms with E-state index in [1.54, 1.807) is 0 Å². The number of hydrogen-bond acceptors (Lipinski definition) is 4. The molecule has 2 aliphatic rings. The first-order chi connectivity index (χ1) is 8.24. The Labute approximate surface area is 98.3 Å². The SMILES string of the molecule is O=C(O)C1Cc2cc3c(cc2N1)OCCCO3. The standard InChI is InChI=1S/C12H13NO4/c14-12(15)9-4-7-5-10-11(6-8(7)13-9)17-3-1-2-16-10/h5-6,9,13H,1-4H2,(H,14,15). The molecular weight excluding hydrogens is 222 g/mol. The van der Waals surface area contributed by atoms with E-state index in [0.29, 0.717) is 31.1 Å². The van der Waals surface area contributed by atoms with Crippen LogP contribution in [0.3, 0.4) is 0 Å². The molecule has 5 nitrogen and oxygen atoms in total. The fourth-order valence-electron chi connectivity index (χ4n) is 2.16. The van der Waals surface area contributed by atoms with Crippen LogP contribution in [0, 0.1) is 0 Å². The van der Waals surface area contributed by atoms with Crippen LogP contribution in [0.25, 0.3) is 0 Å². The predicted molar refractivity (Wildman–Crippen MR) is 60.8 cm³/mol. The van der Waals surface area contributed by atoms with Crippen LogP contribution in [0.1, 0.15) is 12.0 Å². The summed E-state index contributed by atoms with van der Waals surface area (Å²) in [6.45, 7) is 1.27. The lowest BCUT2D eigenvalue weighted by molar-refractivity contribution is -0.137. The van der Waals surface area contributed by atoms with Crippen molar-refractivity contribution in [2.45, 2.75) is 18.9 Å². The molecule has 0 bridgehead atoms. The summed E-state index contributed by atoms with van der Waals surface area (Å²) in [4.78, 5) is 10.9. The number of carboxylic acids is 1. The average molecular weight is 235 g/mol. The Morgan fingerprint density at radius 2 is 2.00 bits per heavy atom. The highest BCUT2D eigenvalue weighted by molar-refractivity contribution is 5.82. The van der Waals surface area contributed by atoms with Crippen LogP contribution in [0.15, 0.2) is 12.1 Å². The number of carbonyl (C=O) groups is 1. The van der Waals surface area contributed by atoms with Gasteiger partial charge in [-0.1, -0.05) is 0 Å². The molecule has 17 heavy (non-hydrogen) atoms. The Bertz CT molecular complexity index is 437. The molecule has 0 aromatic heterocycles. The van der Waals surface area contributed by atoms with E-state index in [1.807, 2.05) is 12.1 Å². The van der Waals surface area contributed by atoms with Crippen molar-refractivity contribution in [1.29, 1.82) is 0 Å². The molecule has 2 heterocycles. The summed E-state index contributed by atoms with van der Waals surface area (Å²) in [7, 11) is 0. The van der Waals surface area contributed by atoms with Crippen molar-refractivity contribution in [1.82, 2.24) is 0 Å². The first-order valence-corrected chi connectivity index (χ1v) is 5.66. The van der Waals surface area contributed by atoms with Gasteiger partial charge in [-0.15, -0.1) is 0 Å². The fraction of sp³-hybridized carbons (Fsp3) is 0.417. The minimum atomic E-state index is -0.835. The zero-order chi connectivity index (χ0) is 11.8. The van der Waals surface area contributed by atoms with Crippen molar-refractivity contribution in [3.8, 4) is 11.5 Å². The van der Waals surface area contributed by atoms with Crippen LogP contribution in [-0.2, 0) is 11.2 Å². The Balaban J connectivity index is 1.94. The predicted octanol–water partition coefficient (Wildman–Crippen LogP) is 1.27. The van der Waals surface area contributed by atoms with E-state index in [-0.39, 0.29) is 0 Å². The molecule has 90 valence electrons. The topological polar surface area (TPSA) is 67.8 Å². The molecular formula is C12H13NO4. The molecule has 1 aromatic rings. The number of rotatable bonds is 1. The molecule has 0 spiro atoms. The third kappa shape index (κ3) is 1.77. The molecule has 1 atom stereocenters. The molecule has 0 saturated heterocycles. The Morgan fingerprint density at radius 1 is 1.29 bits per heavy atom. The van der Waals surface area contributed by atoms with Gasteiger partial charge in [0.2, 0.25) is 0 Å². The number of benzene rings is 1. The van der Waals surface area contributed by atoms with Gasteiger partial charge in [-0.2, -0.15) is 0 Å². The second kappa shape index (κ2) is 3.84. The number of fused-ring (bicyclic) bond motifs is 2. The summed E-state index contributed by atoms with van der Waals surface area (Å²) in [6.07, 6.45) is 1.35. The largest absolute Gasteiger partial charge is 0.490 e. The van der Waals surface area contributed by atoms with E-state index in [2.05, 4.69) is 5.32 Å². The highest BCUT2D eigenvalue weighted by Crippen LogP contribution is 2.38. The van der Waals surface area contributed by atoms with Gasteiger partial charge in [0.05, 0.1) is 13.2 Å². The van der Waals surface area contributed by atoms with Crippen LogP contribution in [0.4, 0.5) is 5.69 Å². The van der Waals surface area contributed by atoms with Crippen molar-refractivity contribution in [3.05, 3.63) is 17.7 Å². The van der Waals surface area contributed by atoms with Gasteiger partial charge in [-0.05, 0) is 11.6 Å². The van der Waals surface area contributed by atoms with E-state index >= 15 is 0 Å². The van der Waals surface area contributed by atoms with Gasteiger partial charge in [0, 0.05) is 24.6 Å². The molecule has 0 amide bonds. The zero-order valence-corrected chi connectivity index (χ0v) is 9.23. The summed E-state index contributed by atoms with van der Waals surface area (Å²) in [6, 6.07) is 3.17. The first kappa shape index (κ1) is 10.3. The lowest BCUT2D eigenvalue weighted by Gasteiger charge is -2.09. The van der Waals surface area contributed by atoms with Crippen LogP contribution >= 0.6 is 0 Å². The fourth-order valence-corrected chi connectivity index (χ4v) is 2.16. The molecule has 0 saturated carbocycles. The van der Waals surface area contributed by atoms with E-state index in [0.717, 1.165) is 17.7 Å². The van der Waals surface area contributed by atoms with E-state index in [4.69, 9.17) is 14.6 Å². The van der Waals surface area contributed by atoms with E-state index in [9.17, 15) is 4.79 Å². The molecule has 0 radical (unpaired) electrons. The second-order valence-electron chi connectivity index (χ2n) is 4.25. The zero-order valence-electron chi connectivity index (χ0n) is 9.23. The van der Waals surface area contributed by atoms with Gasteiger partial charge in [0.15, 0.2) is 11.5 Å². The quantitative estimate of drug-likeness (QED) is 0.767. The van der Waals surface area contributed by atoms with Crippen molar-refractivity contribution in [2.75, 3.05) is 18.5 Å². The van der Waals surface area contributed by atoms with Gasteiger partial charge in [-0.3, -0.25) is 0 Å². The number of hydrogen-bond donors (Lipinski definition) is 2. The highest BCUT2D eigenvalue weighted by atomic mass is 16.5. The van der Waals surface area contributed by atoms with Gasteiger partial charge >= 0.3 is 5.97 Å². The summed E-state index contributed by atoms with van der Waals surface area (Å²) >= 11 is 0. The maximum absolute atomic E-state index is 10.9. The number of nitrogens with one attached hydrogen (secondary N) is 1. The minimum absolute atomic E-state index is 0.487. The third-order valence-electron chi connectivity index (χ3n) is 3.03. The van der Waals surface area contributed by atoms with E-state index in [1.165, 1.54) is 0 Å². The Morgan fingerprint density at radius 3 is 2.71 bits per heavy atom. The van der Waals surface area contributed by atoms with Crippen molar-refractivity contribution in [2.24, 2.45) is 0 Å². The lowest BCUT2D eigenvalue weighted by Crippen LogP contribution is -2.26. The number of ether oxygens (including phenoxy) is 2. The Hall–Kier alpha value is -1.91. The maximum atomic E-state index is 10.9. The maximum Gasteiger partial charge on any atom is 0.326 e. The van der Waals surface area contributed by atoms with Crippen LogP contribution < -0.4 is 14.8 Å². The van der Waals surface area contributed by atoms with Crippen LogP contribution in [-0.4, -0.2) is 30.3 Å². The molecule has 3 rings (SSSR count). The van der Waals surface area contributed by atoms with Gasteiger partial charge in [0.1, 0.15) is 6.04 Å². The van der Waals surface area contributed by atoms with Crippen LogP contribution in [0.5, 0.6) is 11.5 Å². The normalized spacial score (nSPS) is 21.3. The van der Waals surface area contributed by atoms with Crippen LogP contribution in [0.2, 0.25) is 0 Å². The highest BCUT2D eigenvalue weighted by Gasteiger charge is 2.28. The average Bonchev–Trinajstić information content (AvgIpc) is 2.58. The number of aliphatic carboxylic acids is 1. The third-order valence-corrected chi connectivity index (χ3v) is 3.03. The number of carboxylic acid groups (broad SMARTS) is 1. The summed E-state index contributed by atoms with van der Waals surface area (Å²) < 4.78 is 11.1. The molecule has 2 aliphatic heterocycles. The Kier molecular flexibility index (Phi) is 2.31. The van der Waals surface area contributed by atoms with Gasteiger partial charge < -0.3 is 19.9 Å². The van der Waals surface area contributed by atoms with Crippen molar-refractivity contribution < 1.29 is 19.4 Å². The molecule has 0 aliphatic carbocycles.